The summed E-state index contributed by atoms with van der Waals surface area (Å²) in [6.45, 7) is 1.68. The number of rotatable bonds is 4. The molecule has 110 valence electrons. The highest BCUT2D eigenvalue weighted by Crippen LogP contribution is 2.20. The zero-order valence-electron chi connectivity index (χ0n) is 11.6. The Kier molecular flexibility index (Phi) is 4.92. The van der Waals surface area contributed by atoms with E-state index < -0.39 is 6.04 Å². The number of halogens is 1. The molecule has 0 spiro atoms. The molecule has 1 aromatic rings. The van der Waals surface area contributed by atoms with Gasteiger partial charge in [-0.2, -0.15) is 0 Å². The molecule has 2 rings (SSSR count). The minimum Gasteiger partial charge on any atom is -0.497 e. The zero-order chi connectivity index (χ0) is 14.5. The van der Waals surface area contributed by atoms with Crippen molar-refractivity contribution < 1.29 is 23.4 Å². The molecule has 1 atom stereocenters. The summed E-state index contributed by atoms with van der Waals surface area (Å²) in [5, 5.41) is 0. The first kappa shape index (κ1) is 14.7. The van der Waals surface area contributed by atoms with E-state index in [2.05, 4.69) is 0 Å². The van der Waals surface area contributed by atoms with E-state index >= 15 is 0 Å². The maximum atomic E-state index is 13.9. The van der Waals surface area contributed by atoms with Gasteiger partial charge in [0.15, 0.2) is 0 Å². The van der Waals surface area contributed by atoms with Crippen LogP contribution < -0.4 is 4.74 Å². The number of carbonyl (C=O) groups excluding carboxylic acids is 1. The van der Waals surface area contributed by atoms with E-state index in [-0.39, 0.29) is 18.4 Å². The Balaban J connectivity index is 2.12. The number of methoxy groups -OCH3 is 2. The van der Waals surface area contributed by atoms with E-state index in [0.717, 1.165) is 0 Å². The van der Waals surface area contributed by atoms with Crippen LogP contribution in [0.1, 0.15) is 5.56 Å². The van der Waals surface area contributed by atoms with Crippen molar-refractivity contribution in [3.05, 3.63) is 29.6 Å². The largest absolute Gasteiger partial charge is 0.497 e. The van der Waals surface area contributed by atoms with Gasteiger partial charge in [0, 0.05) is 24.7 Å². The molecule has 1 saturated heterocycles. The number of nitrogens with zero attached hydrogens (tertiary/aromatic N) is 1. The quantitative estimate of drug-likeness (QED) is 0.777. The van der Waals surface area contributed by atoms with Gasteiger partial charge in [-0.05, 0) is 6.07 Å². The van der Waals surface area contributed by atoms with Gasteiger partial charge >= 0.3 is 5.97 Å². The van der Waals surface area contributed by atoms with Crippen LogP contribution in [0.3, 0.4) is 0 Å². The standard InChI is InChI=1S/C14H18FNO4/c1-18-11-4-3-10(12(15)7-11)8-16-5-6-20-9-13(16)14(17)19-2/h3-4,7,13H,5-6,8-9H2,1-2H3. The third kappa shape index (κ3) is 3.26. The van der Waals surface area contributed by atoms with E-state index in [4.69, 9.17) is 14.2 Å². The molecule has 1 heterocycles. The summed E-state index contributed by atoms with van der Waals surface area (Å²) < 4.78 is 29.0. The molecule has 1 aliphatic heterocycles. The summed E-state index contributed by atoms with van der Waals surface area (Å²) in [4.78, 5) is 13.6. The van der Waals surface area contributed by atoms with Crippen LogP contribution in [-0.4, -0.2) is 50.9 Å². The van der Waals surface area contributed by atoms with E-state index in [1.54, 1.807) is 12.1 Å². The fraction of sp³-hybridized carbons (Fsp3) is 0.500. The lowest BCUT2D eigenvalue weighted by atomic mass is 10.1. The monoisotopic (exact) mass is 283 g/mol. The molecule has 1 aliphatic rings. The smallest absolute Gasteiger partial charge is 0.325 e. The third-order valence-corrected chi connectivity index (χ3v) is 3.35. The first-order valence-electron chi connectivity index (χ1n) is 6.37. The fourth-order valence-electron chi connectivity index (χ4n) is 2.18. The number of hydrogen-bond acceptors (Lipinski definition) is 5. The maximum absolute atomic E-state index is 13.9. The molecule has 1 aromatic carbocycles. The van der Waals surface area contributed by atoms with Crippen LogP contribution in [0.2, 0.25) is 0 Å². The van der Waals surface area contributed by atoms with Gasteiger partial charge < -0.3 is 14.2 Å². The first-order valence-corrected chi connectivity index (χ1v) is 6.37. The summed E-state index contributed by atoms with van der Waals surface area (Å²) in [6, 6.07) is 4.21. The van der Waals surface area contributed by atoms with Crippen molar-refractivity contribution in [2.45, 2.75) is 12.6 Å². The summed E-state index contributed by atoms with van der Waals surface area (Å²) in [7, 11) is 2.83. The van der Waals surface area contributed by atoms with Crippen molar-refractivity contribution in [2.24, 2.45) is 0 Å². The predicted molar refractivity (Wildman–Crippen MR) is 70.0 cm³/mol. The van der Waals surface area contributed by atoms with Crippen molar-refractivity contribution in [3.8, 4) is 5.75 Å². The molecule has 1 unspecified atom stereocenters. The Morgan fingerprint density at radius 1 is 1.50 bits per heavy atom. The van der Waals surface area contributed by atoms with E-state index in [1.807, 2.05) is 4.90 Å². The lowest BCUT2D eigenvalue weighted by Crippen LogP contribution is -2.49. The number of hydrogen-bond donors (Lipinski definition) is 0. The normalized spacial score (nSPS) is 19.6. The second kappa shape index (κ2) is 6.67. The Bertz CT molecular complexity index is 480. The minimum absolute atomic E-state index is 0.268. The molecule has 0 bridgehead atoms. The number of morpholine rings is 1. The highest BCUT2D eigenvalue weighted by atomic mass is 19.1. The lowest BCUT2D eigenvalue weighted by Gasteiger charge is -2.33. The van der Waals surface area contributed by atoms with Gasteiger partial charge in [0.25, 0.3) is 0 Å². The van der Waals surface area contributed by atoms with Crippen molar-refractivity contribution in [1.29, 1.82) is 0 Å². The van der Waals surface area contributed by atoms with Gasteiger partial charge in [0.05, 0.1) is 27.4 Å². The minimum atomic E-state index is -0.491. The topological polar surface area (TPSA) is 48.0 Å². The molecule has 0 aromatic heterocycles. The number of ether oxygens (including phenoxy) is 3. The van der Waals surface area contributed by atoms with Gasteiger partial charge in [0.2, 0.25) is 0 Å². The van der Waals surface area contributed by atoms with E-state index in [0.29, 0.717) is 31.0 Å². The molecule has 0 amide bonds. The Morgan fingerprint density at radius 2 is 2.30 bits per heavy atom. The molecule has 0 saturated carbocycles. The molecule has 20 heavy (non-hydrogen) atoms. The van der Waals surface area contributed by atoms with Gasteiger partial charge in [-0.15, -0.1) is 0 Å². The predicted octanol–water partition coefficient (Wildman–Crippen LogP) is 1.21. The van der Waals surface area contributed by atoms with Crippen molar-refractivity contribution in [2.75, 3.05) is 34.0 Å². The zero-order valence-corrected chi connectivity index (χ0v) is 11.6. The second-order valence-corrected chi connectivity index (χ2v) is 4.54. The number of benzene rings is 1. The average molecular weight is 283 g/mol. The maximum Gasteiger partial charge on any atom is 0.325 e. The van der Waals surface area contributed by atoms with Gasteiger partial charge in [-0.25, -0.2) is 4.39 Å². The van der Waals surface area contributed by atoms with Gasteiger partial charge in [0.1, 0.15) is 17.6 Å². The highest BCUT2D eigenvalue weighted by Gasteiger charge is 2.30. The molecular formula is C14H18FNO4. The summed E-state index contributed by atoms with van der Waals surface area (Å²) in [5.74, 6) is -0.240. The van der Waals surface area contributed by atoms with Crippen LogP contribution in [0.15, 0.2) is 18.2 Å². The van der Waals surface area contributed by atoms with Crippen LogP contribution >= 0.6 is 0 Å². The molecule has 0 aliphatic carbocycles. The SMILES string of the molecule is COC(=O)C1COCCN1Cc1ccc(OC)cc1F. The van der Waals surface area contributed by atoms with E-state index in [9.17, 15) is 9.18 Å². The first-order chi connectivity index (χ1) is 9.65. The van der Waals surface area contributed by atoms with Crippen LogP contribution in [0, 0.1) is 5.82 Å². The van der Waals surface area contributed by atoms with Crippen molar-refractivity contribution in [3.63, 3.8) is 0 Å². The molecule has 6 heteroatoms. The molecule has 0 N–H and O–H groups in total. The molecule has 5 nitrogen and oxygen atoms in total. The van der Waals surface area contributed by atoms with Gasteiger partial charge in [-0.1, -0.05) is 6.07 Å². The van der Waals surface area contributed by atoms with Crippen molar-refractivity contribution >= 4 is 5.97 Å². The van der Waals surface area contributed by atoms with Crippen LogP contribution in [0.25, 0.3) is 0 Å². The fourth-order valence-corrected chi connectivity index (χ4v) is 2.18. The lowest BCUT2D eigenvalue weighted by molar-refractivity contribution is -0.153. The Morgan fingerprint density at radius 3 is 2.95 bits per heavy atom. The average Bonchev–Trinajstić information content (AvgIpc) is 2.49. The van der Waals surface area contributed by atoms with Crippen LogP contribution in [0.4, 0.5) is 4.39 Å². The van der Waals surface area contributed by atoms with Crippen LogP contribution in [0.5, 0.6) is 5.75 Å². The Labute approximate surface area is 117 Å². The molecule has 1 fully saturated rings. The number of carbonyl (C=O) groups is 1. The summed E-state index contributed by atoms with van der Waals surface area (Å²) in [5.41, 5.74) is 0.515. The Hall–Kier alpha value is -1.66. The molecule has 0 radical (unpaired) electrons. The van der Waals surface area contributed by atoms with Crippen molar-refractivity contribution in [1.82, 2.24) is 4.90 Å². The number of esters is 1. The summed E-state index contributed by atoms with van der Waals surface area (Å²) >= 11 is 0. The van der Waals surface area contributed by atoms with E-state index in [1.165, 1.54) is 20.3 Å². The second-order valence-electron chi connectivity index (χ2n) is 4.54. The molecular weight excluding hydrogens is 265 g/mol. The third-order valence-electron chi connectivity index (χ3n) is 3.35. The summed E-state index contributed by atoms with van der Waals surface area (Å²) in [6.07, 6.45) is 0. The highest BCUT2D eigenvalue weighted by molar-refractivity contribution is 5.75. The van der Waals surface area contributed by atoms with Crippen LogP contribution in [-0.2, 0) is 20.8 Å². The van der Waals surface area contributed by atoms with Gasteiger partial charge in [-0.3, -0.25) is 9.69 Å².